The number of aromatic amines is 1. The van der Waals surface area contributed by atoms with E-state index in [4.69, 9.17) is 5.73 Å². The van der Waals surface area contributed by atoms with Crippen LogP contribution in [0.25, 0.3) is 10.9 Å². The first-order valence-corrected chi connectivity index (χ1v) is 6.72. The van der Waals surface area contributed by atoms with Crippen LogP contribution in [0.5, 0.6) is 0 Å². The second-order valence-corrected chi connectivity index (χ2v) is 5.14. The molecule has 0 bridgehead atoms. The van der Waals surface area contributed by atoms with Gasteiger partial charge in [-0.05, 0) is 46.3 Å². The molecular weight excluding hydrogens is 320 g/mol. The van der Waals surface area contributed by atoms with Gasteiger partial charge in [0.25, 0.3) is 5.91 Å². The molecule has 3 rings (SSSR count). The van der Waals surface area contributed by atoms with Crippen LogP contribution < -0.4 is 11.1 Å². The highest BCUT2D eigenvalue weighted by Crippen LogP contribution is 2.22. The molecule has 0 aliphatic carbocycles. The number of nitrogens with two attached hydrogens (primary N) is 1. The number of nitrogens with zero attached hydrogens (tertiary/aromatic N) is 1. The first-order chi connectivity index (χ1) is 9.63. The molecule has 1 amide bonds. The SMILES string of the molecule is Nc1ccc2[nH]cc(C(=O)Nc3ccc(Br)nc3)c2c1. The zero-order valence-electron chi connectivity index (χ0n) is 10.4. The number of nitrogens with one attached hydrogen (secondary N) is 2. The number of amides is 1. The van der Waals surface area contributed by atoms with Crippen LogP contribution in [0.15, 0.2) is 47.3 Å². The van der Waals surface area contributed by atoms with Gasteiger partial charge in [-0.1, -0.05) is 0 Å². The van der Waals surface area contributed by atoms with Gasteiger partial charge in [0.2, 0.25) is 0 Å². The number of hydrogen-bond donors (Lipinski definition) is 3. The molecule has 4 N–H and O–H groups in total. The number of fused-ring (bicyclic) bond motifs is 1. The molecule has 0 saturated heterocycles. The van der Waals surface area contributed by atoms with E-state index in [1.807, 2.05) is 6.07 Å². The zero-order valence-corrected chi connectivity index (χ0v) is 11.9. The fraction of sp³-hybridized carbons (Fsp3) is 0. The van der Waals surface area contributed by atoms with Crippen LogP contribution in [-0.2, 0) is 0 Å². The normalized spacial score (nSPS) is 10.7. The summed E-state index contributed by atoms with van der Waals surface area (Å²) in [6.07, 6.45) is 3.26. The van der Waals surface area contributed by atoms with Crippen LogP contribution in [0.2, 0.25) is 0 Å². The summed E-state index contributed by atoms with van der Waals surface area (Å²) in [6.45, 7) is 0. The van der Waals surface area contributed by atoms with E-state index in [0.29, 0.717) is 16.9 Å². The summed E-state index contributed by atoms with van der Waals surface area (Å²) >= 11 is 3.25. The summed E-state index contributed by atoms with van der Waals surface area (Å²) in [7, 11) is 0. The summed E-state index contributed by atoms with van der Waals surface area (Å²) in [5.41, 5.74) is 8.44. The van der Waals surface area contributed by atoms with E-state index >= 15 is 0 Å². The molecule has 2 heterocycles. The Morgan fingerprint density at radius 3 is 2.90 bits per heavy atom. The maximum absolute atomic E-state index is 12.3. The van der Waals surface area contributed by atoms with Crippen LogP contribution in [-0.4, -0.2) is 15.9 Å². The van der Waals surface area contributed by atoms with E-state index in [1.54, 1.807) is 36.7 Å². The van der Waals surface area contributed by atoms with Gasteiger partial charge in [-0.25, -0.2) is 4.98 Å². The van der Waals surface area contributed by atoms with Gasteiger partial charge in [0.15, 0.2) is 0 Å². The van der Waals surface area contributed by atoms with Crippen molar-refractivity contribution in [3.8, 4) is 0 Å². The third kappa shape index (κ3) is 2.37. The average Bonchev–Trinajstić information content (AvgIpc) is 2.84. The third-order valence-corrected chi connectivity index (χ3v) is 3.40. The number of carbonyl (C=O) groups excluding carboxylic acids is 1. The van der Waals surface area contributed by atoms with Gasteiger partial charge in [-0.3, -0.25) is 4.79 Å². The number of benzene rings is 1. The van der Waals surface area contributed by atoms with Gasteiger partial charge in [0.1, 0.15) is 4.60 Å². The highest BCUT2D eigenvalue weighted by atomic mass is 79.9. The van der Waals surface area contributed by atoms with Gasteiger partial charge in [0, 0.05) is 22.8 Å². The van der Waals surface area contributed by atoms with Crippen LogP contribution >= 0.6 is 15.9 Å². The largest absolute Gasteiger partial charge is 0.399 e. The number of aromatic nitrogens is 2. The molecule has 20 heavy (non-hydrogen) atoms. The zero-order chi connectivity index (χ0) is 14.1. The minimum absolute atomic E-state index is 0.203. The molecule has 6 heteroatoms. The molecule has 5 nitrogen and oxygen atoms in total. The third-order valence-electron chi connectivity index (χ3n) is 2.94. The molecule has 0 atom stereocenters. The molecule has 0 aliphatic heterocycles. The van der Waals surface area contributed by atoms with Crippen molar-refractivity contribution in [1.82, 2.24) is 9.97 Å². The minimum atomic E-state index is -0.203. The molecule has 2 aromatic heterocycles. The fourth-order valence-corrected chi connectivity index (χ4v) is 2.21. The summed E-state index contributed by atoms with van der Waals surface area (Å²) in [5, 5.41) is 3.60. The van der Waals surface area contributed by atoms with E-state index in [1.165, 1.54) is 0 Å². The van der Waals surface area contributed by atoms with Crippen LogP contribution in [0.4, 0.5) is 11.4 Å². The Hall–Kier alpha value is -2.34. The first-order valence-electron chi connectivity index (χ1n) is 5.93. The van der Waals surface area contributed by atoms with Crippen molar-refractivity contribution in [2.24, 2.45) is 0 Å². The quantitative estimate of drug-likeness (QED) is 0.498. The number of H-pyrrole nitrogens is 1. The summed E-state index contributed by atoms with van der Waals surface area (Å²) in [5.74, 6) is -0.203. The maximum atomic E-state index is 12.3. The van der Waals surface area contributed by atoms with E-state index in [-0.39, 0.29) is 5.91 Å². The van der Waals surface area contributed by atoms with Crippen molar-refractivity contribution in [2.45, 2.75) is 0 Å². The summed E-state index contributed by atoms with van der Waals surface area (Å²) in [4.78, 5) is 19.4. The van der Waals surface area contributed by atoms with Crippen molar-refractivity contribution in [3.63, 3.8) is 0 Å². The van der Waals surface area contributed by atoms with Crippen molar-refractivity contribution < 1.29 is 4.79 Å². The number of anilines is 2. The van der Waals surface area contributed by atoms with Crippen molar-refractivity contribution >= 4 is 44.1 Å². The molecule has 3 aromatic rings. The van der Waals surface area contributed by atoms with E-state index in [0.717, 1.165) is 15.5 Å². The lowest BCUT2D eigenvalue weighted by atomic mass is 10.1. The molecule has 0 saturated carbocycles. The number of rotatable bonds is 2. The van der Waals surface area contributed by atoms with E-state index < -0.39 is 0 Å². The van der Waals surface area contributed by atoms with Crippen molar-refractivity contribution in [2.75, 3.05) is 11.1 Å². The van der Waals surface area contributed by atoms with Gasteiger partial charge in [-0.2, -0.15) is 0 Å². The van der Waals surface area contributed by atoms with Crippen LogP contribution in [0.3, 0.4) is 0 Å². The predicted octanol–water partition coefficient (Wildman–Crippen LogP) is 3.16. The fourth-order valence-electron chi connectivity index (χ4n) is 1.97. The lowest BCUT2D eigenvalue weighted by Gasteiger charge is -2.04. The number of carbonyl (C=O) groups is 1. The second-order valence-electron chi connectivity index (χ2n) is 4.33. The Bertz CT molecular complexity index is 779. The molecular formula is C14H11BrN4O. The highest BCUT2D eigenvalue weighted by Gasteiger charge is 2.12. The molecule has 0 fully saturated rings. The maximum Gasteiger partial charge on any atom is 0.257 e. The highest BCUT2D eigenvalue weighted by molar-refractivity contribution is 9.10. The number of nitrogen functional groups attached to an aromatic ring is 1. The Morgan fingerprint density at radius 1 is 1.30 bits per heavy atom. The van der Waals surface area contributed by atoms with Crippen LogP contribution in [0, 0.1) is 0 Å². The van der Waals surface area contributed by atoms with Gasteiger partial charge < -0.3 is 16.0 Å². The molecule has 0 aliphatic rings. The van der Waals surface area contributed by atoms with Gasteiger partial charge in [-0.15, -0.1) is 0 Å². The van der Waals surface area contributed by atoms with Crippen LogP contribution in [0.1, 0.15) is 10.4 Å². The molecule has 100 valence electrons. The van der Waals surface area contributed by atoms with Gasteiger partial charge >= 0.3 is 0 Å². The first kappa shape index (κ1) is 12.7. The molecule has 1 aromatic carbocycles. The predicted molar refractivity (Wildman–Crippen MR) is 82.6 cm³/mol. The Labute approximate surface area is 123 Å². The minimum Gasteiger partial charge on any atom is -0.399 e. The smallest absolute Gasteiger partial charge is 0.257 e. The van der Waals surface area contributed by atoms with Gasteiger partial charge in [0.05, 0.1) is 17.4 Å². The van der Waals surface area contributed by atoms with E-state index in [2.05, 4.69) is 31.2 Å². The number of pyridine rings is 1. The standard InChI is InChI=1S/C14H11BrN4O/c15-13-4-2-9(6-18-13)19-14(20)11-7-17-12-3-1-8(16)5-10(11)12/h1-7,17H,16H2,(H,19,20). The summed E-state index contributed by atoms with van der Waals surface area (Å²) in [6, 6.07) is 8.96. The monoisotopic (exact) mass is 330 g/mol. The Balaban J connectivity index is 1.92. The van der Waals surface area contributed by atoms with E-state index in [9.17, 15) is 4.79 Å². The van der Waals surface area contributed by atoms with Crippen molar-refractivity contribution in [1.29, 1.82) is 0 Å². The average molecular weight is 331 g/mol. The topological polar surface area (TPSA) is 83.8 Å². The van der Waals surface area contributed by atoms with Crippen molar-refractivity contribution in [3.05, 3.63) is 52.9 Å². The number of hydrogen-bond acceptors (Lipinski definition) is 3. The second kappa shape index (κ2) is 4.97. The number of halogens is 1. The molecule has 0 radical (unpaired) electrons. The Kier molecular flexibility index (Phi) is 3.15. The lowest BCUT2D eigenvalue weighted by molar-refractivity contribution is 0.102. The molecule has 0 unspecified atom stereocenters. The summed E-state index contributed by atoms with van der Waals surface area (Å²) < 4.78 is 0.718. The molecule has 0 spiro atoms. The Morgan fingerprint density at radius 2 is 2.15 bits per heavy atom. The lowest BCUT2D eigenvalue weighted by Crippen LogP contribution is -2.11.